The average Bonchev–Trinajstić information content (AvgIpc) is 3.17. The second-order valence-electron chi connectivity index (χ2n) is 7.28. The molecule has 0 amide bonds. The molecule has 4 nitrogen and oxygen atoms in total. The van der Waals surface area contributed by atoms with Gasteiger partial charge in [0.25, 0.3) is 0 Å². The molecule has 0 radical (unpaired) electrons. The van der Waals surface area contributed by atoms with Gasteiger partial charge < -0.3 is 20.1 Å². The highest BCUT2D eigenvalue weighted by molar-refractivity contribution is 5.02. The van der Waals surface area contributed by atoms with Crippen LogP contribution in [0, 0.1) is 5.92 Å². The second kappa shape index (κ2) is 6.30. The third-order valence-corrected chi connectivity index (χ3v) is 5.40. The minimum atomic E-state index is 0.00313. The number of nitrogens with one attached hydrogen (secondary N) is 1. The van der Waals surface area contributed by atoms with Crippen LogP contribution in [0.5, 0.6) is 0 Å². The molecule has 0 aromatic carbocycles. The summed E-state index contributed by atoms with van der Waals surface area (Å²) in [5, 5.41) is 13.5. The molecule has 2 N–H and O–H groups in total. The van der Waals surface area contributed by atoms with E-state index in [0.717, 1.165) is 32.6 Å². The summed E-state index contributed by atoms with van der Waals surface area (Å²) in [5.74, 6) is 0.703. The smallest absolute Gasteiger partial charge is 0.0614 e. The summed E-state index contributed by atoms with van der Waals surface area (Å²) >= 11 is 0. The number of ether oxygens (including phenoxy) is 1. The Bertz CT molecular complexity index is 316. The Kier molecular flexibility index (Phi) is 4.65. The Morgan fingerprint density at radius 3 is 2.80 bits per heavy atom. The van der Waals surface area contributed by atoms with E-state index in [-0.39, 0.29) is 5.54 Å². The number of nitrogens with zero attached hydrogens (tertiary/aromatic N) is 1. The van der Waals surface area contributed by atoms with Crippen molar-refractivity contribution in [1.29, 1.82) is 0 Å². The van der Waals surface area contributed by atoms with E-state index < -0.39 is 0 Å². The molecule has 20 heavy (non-hydrogen) atoms. The minimum Gasteiger partial charge on any atom is -0.394 e. The van der Waals surface area contributed by atoms with Gasteiger partial charge in [0.05, 0.1) is 13.2 Å². The van der Waals surface area contributed by atoms with Crippen molar-refractivity contribution in [3.05, 3.63) is 0 Å². The van der Waals surface area contributed by atoms with Crippen LogP contribution in [0.2, 0.25) is 0 Å². The normalized spacial score (nSPS) is 38.5. The summed E-state index contributed by atoms with van der Waals surface area (Å²) in [6.07, 6.45) is 8.55. The first-order valence-corrected chi connectivity index (χ1v) is 8.37. The summed E-state index contributed by atoms with van der Waals surface area (Å²) in [4.78, 5) is 2.52. The van der Waals surface area contributed by atoms with Gasteiger partial charge in [-0.25, -0.2) is 0 Å². The first-order valence-electron chi connectivity index (χ1n) is 8.37. The number of hydrogen-bond acceptors (Lipinski definition) is 4. The molecular weight excluding hydrogens is 252 g/mol. The van der Waals surface area contributed by atoms with Crippen LogP contribution in [-0.4, -0.2) is 61.0 Å². The van der Waals surface area contributed by atoms with Crippen molar-refractivity contribution in [2.45, 2.75) is 62.6 Å². The quantitative estimate of drug-likeness (QED) is 0.772. The lowest BCUT2D eigenvalue weighted by Gasteiger charge is -2.33. The lowest BCUT2D eigenvalue weighted by atomic mass is 9.97. The van der Waals surface area contributed by atoms with Crippen molar-refractivity contribution in [2.24, 2.45) is 5.92 Å². The summed E-state index contributed by atoms with van der Waals surface area (Å²) in [6.45, 7) is 3.32. The van der Waals surface area contributed by atoms with Crippen molar-refractivity contribution < 1.29 is 9.84 Å². The molecule has 0 aromatic rings. The molecule has 0 aromatic heterocycles. The summed E-state index contributed by atoms with van der Waals surface area (Å²) < 4.78 is 5.59. The van der Waals surface area contributed by atoms with Gasteiger partial charge in [0.15, 0.2) is 0 Å². The molecule has 2 aliphatic carbocycles. The maximum absolute atomic E-state index is 9.81. The van der Waals surface area contributed by atoms with Crippen molar-refractivity contribution in [3.8, 4) is 0 Å². The molecule has 3 atom stereocenters. The molecule has 4 heteroatoms. The average molecular weight is 282 g/mol. The molecule has 2 saturated carbocycles. The number of aliphatic hydroxyl groups excluding tert-OH is 1. The number of aliphatic hydroxyl groups is 1. The molecule has 3 aliphatic rings. The maximum atomic E-state index is 9.81. The Hall–Kier alpha value is -0.160. The van der Waals surface area contributed by atoms with Crippen LogP contribution in [0.1, 0.15) is 44.9 Å². The van der Waals surface area contributed by atoms with E-state index in [0.29, 0.717) is 24.6 Å². The standard InChI is InChI=1S/C16H30N2O2/c1-18(10-13-3-2-8-20-11-13)15-6-7-16(9-15,12-19)17-14-4-5-14/h13-15,17,19H,2-12H2,1H3. The van der Waals surface area contributed by atoms with Gasteiger partial charge >= 0.3 is 0 Å². The van der Waals surface area contributed by atoms with Crippen LogP contribution < -0.4 is 5.32 Å². The number of rotatable bonds is 6. The van der Waals surface area contributed by atoms with Gasteiger partial charge in [-0.2, -0.15) is 0 Å². The molecule has 1 saturated heterocycles. The van der Waals surface area contributed by atoms with Crippen LogP contribution in [0.4, 0.5) is 0 Å². The van der Waals surface area contributed by atoms with Gasteiger partial charge in [-0.1, -0.05) is 0 Å². The fourth-order valence-electron chi connectivity index (χ4n) is 3.96. The van der Waals surface area contributed by atoms with E-state index in [9.17, 15) is 5.11 Å². The lowest BCUT2D eigenvalue weighted by molar-refractivity contribution is 0.0354. The van der Waals surface area contributed by atoms with E-state index >= 15 is 0 Å². The Morgan fingerprint density at radius 2 is 2.15 bits per heavy atom. The van der Waals surface area contributed by atoms with E-state index in [1.54, 1.807) is 0 Å². The first-order chi connectivity index (χ1) is 9.71. The van der Waals surface area contributed by atoms with Crippen LogP contribution in [0.25, 0.3) is 0 Å². The Balaban J connectivity index is 1.49. The highest BCUT2D eigenvalue weighted by Gasteiger charge is 2.43. The first kappa shape index (κ1) is 14.8. The third-order valence-electron chi connectivity index (χ3n) is 5.40. The van der Waals surface area contributed by atoms with Gasteiger partial charge in [0, 0.05) is 30.8 Å². The molecule has 3 rings (SSSR count). The zero-order valence-electron chi connectivity index (χ0n) is 12.8. The molecule has 3 unspecified atom stereocenters. The third kappa shape index (κ3) is 3.53. The van der Waals surface area contributed by atoms with Crippen molar-refractivity contribution >= 4 is 0 Å². The predicted molar refractivity (Wildman–Crippen MR) is 79.8 cm³/mol. The minimum absolute atomic E-state index is 0.00313. The van der Waals surface area contributed by atoms with Crippen LogP contribution in [-0.2, 0) is 4.74 Å². The van der Waals surface area contributed by atoms with Crippen LogP contribution in [0.15, 0.2) is 0 Å². The summed E-state index contributed by atoms with van der Waals surface area (Å²) in [6, 6.07) is 1.30. The van der Waals surface area contributed by atoms with Gasteiger partial charge in [-0.05, 0) is 57.9 Å². The van der Waals surface area contributed by atoms with E-state index in [2.05, 4.69) is 17.3 Å². The van der Waals surface area contributed by atoms with Crippen LogP contribution >= 0.6 is 0 Å². The molecule has 0 bridgehead atoms. The second-order valence-corrected chi connectivity index (χ2v) is 7.28. The Labute approximate surface area is 122 Å². The maximum Gasteiger partial charge on any atom is 0.0614 e. The van der Waals surface area contributed by atoms with E-state index in [1.807, 2.05) is 0 Å². The molecule has 3 fully saturated rings. The van der Waals surface area contributed by atoms with Gasteiger partial charge in [-0.3, -0.25) is 0 Å². The van der Waals surface area contributed by atoms with Crippen molar-refractivity contribution in [3.63, 3.8) is 0 Å². The van der Waals surface area contributed by atoms with Gasteiger partial charge in [-0.15, -0.1) is 0 Å². The molecular formula is C16H30N2O2. The monoisotopic (exact) mass is 282 g/mol. The van der Waals surface area contributed by atoms with E-state index in [4.69, 9.17) is 4.74 Å². The van der Waals surface area contributed by atoms with Gasteiger partial charge in [0.2, 0.25) is 0 Å². The van der Waals surface area contributed by atoms with Gasteiger partial charge in [0.1, 0.15) is 0 Å². The fraction of sp³-hybridized carbons (Fsp3) is 1.00. The topological polar surface area (TPSA) is 44.7 Å². The SMILES string of the molecule is CN(CC1CCCOC1)C1CCC(CO)(NC2CC2)C1. The lowest BCUT2D eigenvalue weighted by Crippen LogP contribution is -2.49. The molecule has 116 valence electrons. The molecule has 1 aliphatic heterocycles. The zero-order chi connectivity index (χ0) is 14.0. The predicted octanol–water partition coefficient (Wildman–Crippen LogP) is 1.38. The fourth-order valence-corrected chi connectivity index (χ4v) is 3.96. The molecule has 0 spiro atoms. The van der Waals surface area contributed by atoms with Crippen molar-refractivity contribution in [1.82, 2.24) is 10.2 Å². The summed E-state index contributed by atoms with van der Waals surface area (Å²) in [7, 11) is 2.25. The highest BCUT2D eigenvalue weighted by Crippen LogP contribution is 2.36. The van der Waals surface area contributed by atoms with E-state index in [1.165, 1.54) is 32.1 Å². The highest BCUT2D eigenvalue weighted by atomic mass is 16.5. The zero-order valence-corrected chi connectivity index (χ0v) is 12.8. The summed E-state index contributed by atoms with van der Waals surface area (Å²) in [5.41, 5.74) is 0.00313. The molecule has 1 heterocycles. The largest absolute Gasteiger partial charge is 0.394 e. The Morgan fingerprint density at radius 1 is 1.30 bits per heavy atom. The van der Waals surface area contributed by atoms with Crippen molar-refractivity contribution in [2.75, 3.05) is 33.4 Å². The van der Waals surface area contributed by atoms with Crippen LogP contribution in [0.3, 0.4) is 0 Å². The number of hydrogen-bond donors (Lipinski definition) is 2.